The first-order chi connectivity index (χ1) is 9.13. The minimum atomic E-state index is -0.197. The summed E-state index contributed by atoms with van der Waals surface area (Å²) in [6.07, 6.45) is 0. The Kier molecular flexibility index (Phi) is 4.37. The summed E-state index contributed by atoms with van der Waals surface area (Å²) in [5.74, 6) is 0.280. The van der Waals surface area contributed by atoms with Crippen LogP contribution in [0.5, 0.6) is 0 Å². The highest BCUT2D eigenvalue weighted by molar-refractivity contribution is 7.99. The molecule has 1 aromatic carbocycles. The monoisotopic (exact) mass is 276 g/mol. The van der Waals surface area contributed by atoms with Crippen molar-refractivity contribution in [2.24, 2.45) is 5.92 Å². The van der Waals surface area contributed by atoms with Crippen molar-refractivity contribution >= 4 is 28.5 Å². The highest BCUT2D eigenvalue weighted by Gasteiger charge is 2.15. The van der Waals surface area contributed by atoms with Crippen molar-refractivity contribution in [3.8, 4) is 0 Å². The molecule has 0 N–H and O–H groups in total. The lowest BCUT2D eigenvalue weighted by molar-refractivity contribution is -0.143. The molecule has 2 aromatic rings. The maximum atomic E-state index is 11.4. The van der Waals surface area contributed by atoms with Crippen LogP contribution in [-0.4, -0.2) is 29.0 Å². The van der Waals surface area contributed by atoms with Gasteiger partial charge in [0.1, 0.15) is 5.03 Å². The second-order valence-electron chi connectivity index (χ2n) is 4.37. The summed E-state index contributed by atoms with van der Waals surface area (Å²) in [5.41, 5.74) is 0.918. The van der Waals surface area contributed by atoms with Gasteiger partial charge in [-0.2, -0.15) is 5.10 Å². The third-order valence-corrected chi connectivity index (χ3v) is 4.15. The summed E-state index contributed by atoms with van der Waals surface area (Å²) in [5, 5.41) is 11.4. The van der Waals surface area contributed by atoms with E-state index in [0.29, 0.717) is 5.75 Å². The SMILES string of the molecule is COC(=O)C(C)CSc1nnc(C)c2ccccc12. The van der Waals surface area contributed by atoms with E-state index in [4.69, 9.17) is 4.74 Å². The first-order valence-electron chi connectivity index (χ1n) is 6.06. The number of thioether (sulfide) groups is 1. The number of methoxy groups -OCH3 is 1. The number of hydrogen-bond donors (Lipinski definition) is 0. The molecule has 0 aliphatic rings. The number of benzene rings is 1. The van der Waals surface area contributed by atoms with Gasteiger partial charge in [-0.25, -0.2) is 0 Å². The summed E-state index contributed by atoms with van der Waals surface area (Å²) in [4.78, 5) is 11.4. The quantitative estimate of drug-likeness (QED) is 0.635. The zero-order valence-corrected chi connectivity index (χ0v) is 12.0. The van der Waals surface area contributed by atoms with Crippen LogP contribution < -0.4 is 0 Å². The van der Waals surface area contributed by atoms with Crippen LogP contribution in [0.3, 0.4) is 0 Å². The maximum absolute atomic E-state index is 11.4. The van der Waals surface area contributed by atoms with E-state index in [9.17, 15) is 4.79 Å². The van der Waals surface area contributed by atoms with E-state index >= 15 is 0 Å². The molecule has 0 aliphatic heterocycles. The zero-order chi connectivity index (χ0) is 13.8. The Hall–Kier alpha value is -1.62. The molecule has 0 saturated heterocycles. The highest BCUT2D eigenvalue weighted by Crippen LogP contribution is 2.27. The van der Waals surface area contributed by atoms with Crippen LogP contribution in [0.1, 0.15) is 12.6 Å². The Bertz CT molecular complexity index is 601. The summed E-state index contributed by atoms with van der Waals surface area (Å²) >= 11 is 1.54. The molecule has 0 bridgehead atoms. The van der Waals surface area contributed by atoms with Gasteiger partial charge in [0.25, 0.3) is 0 Å². The molecule has 0 spiro atoms. The molecular formula is C14H16N2O2S. The standard InChI is InChI=1S/C14H16N2O2S/c1-9(14(17)18-3)8-19-13-12-7-5-4-6-11(12)10(2)15-16-13/h4-7,9H,8H2,1-3H3. The van der Waals surface area contributed by atoms with Crippen LogP contribution in [0.25, 0.3) is 10.8 Å². The summed E-state index contributed by atoms with van der Waals surface area (Å²) in [7, 11) is 1.41. The fraction of sp³-hybridized carbons (Fsp3) is 0.357. The third kappa shape index (κ3) is 3.04. The molecule has 0 saturated carbocycles. The van der Waals surface area contributed by atoms with Gasteiger partial charge in [-0.3, -0.25) is 4.79 Å². The number of carbonyl (C=O) groups excluding carboxylic acids is 1. The second-order valence-corrected chi connectivity index (χ2v) is 5.38. The molecule has 0 fully saturated rings. The Balaban J connectivity index is 2.22. The molecule has 1 unspecified atom stereocenters. The number of ether oxygens (including phenoxy) is 1. The molecule has 100 valence electrons. The minimum Gasteiger partial charge on any atom is -0.469 e. The van der Waals surface area contributed by atoms with Crippen LogP contribution >= 0.6 is 11.8 Å². The Morgan fingerprint density at radius 2 is 2.00 bits per heavy atom. The predicted octanol–water partition coefficient (Wildman–Crippen LogP) is 2.84. The highest BCUT2D eigenvalue weighted by atomic mass is 32.2. The number of rotatable bonds is 4. The minimum absolute atomic E-state index is 0.156. The number of aromatic nitrogens is 2. The molecular weight excluding hydrogens is 260 g/mol. The van der Waals surface area contributed by atoms with Crippen molar-refractivity contribution < 1.29 is 9.53 Å². The van der Waals surface area contributed by atoms with Gasteiger partial charge in [0.2, 0.25) is 0 Å². The predicted molar refractivity (Wildman–Crippen MR) is 76.2 cm³/mol. The van der Waals surface area contributed by atoms with Gasteiger partial charge >= 0.3 is 5.97 Å². The van der Waals surface area contributed by atoms with Crippen LogP contribution in [0.2, 0.25) is 0 Å². The summed E-state index contributed by atoms with van der Waals surface area (Å²) < 4.78 is 4.72. The summed E-state index contributed by atoms with van der Waals surface area (Å²) in [6, 6.07) is 8.04. The van der Waals surface area contributed by atoms with Crippen molar-refractivity contribution in [2.75, 3.05) is 12.9 Å². The lowest BCUT2D eigenvalue weighted by Gasteiger charge is -2.09. The van der Waals surface area contributed by atoms with Crippen molar-refractivity contribution in [3.05, 3.63) is 30.0 Å². The van der Waals surface area contributed by atoms with Gasteiger partial charge in [0.15, 0.2) is 0 Å². The van der Waals surface area contributed by atoms with E-state index in [-0.39, 0.29) is 11.9 Å². The van der Waals surface area contributed by atoms with Gasteiger partial charge in [-0.05, 0) is 6.92 Å². The van der Waals surface area contributed by atoms with E-state index in [0.717, 1.165) is 21.5 Å². The lowest BCUT2D eigenvalue weighted by atomic mass is 10.1. The average Bonchev–Trinajstić information content (AvgIpc) is 2.45. The molecule has 4 nitrogen and oxygen atoms in total. The Morgan fingerprint density at radius 1 is 1.32 bits per heavy atom. The summed E-state index contributed by atoms with van der Waals surface area (Å²) in [6.45, 7) is 3.80. The van der Waals surface area contributed by atoms with Crippen LogP contribution in [0.15, 0.2) is 29.3 Å². The van der Waals surface area contributed by atoms with Crippen LogP contribution in [0, 0.1) is 12.8 Å². The zero-order valence-electron chi connectivity index (χ0n) is 11.2. The molecule has 19 heavy (non-hydrogen) atoms. The molecule has 2 rings (SSSR count). The smallest absolute Gasteiger partial charge is 0.309 e. The number of hydrogen-bond acceptors (Lipinski definition) is 5. The van der Waals surface area contributed by atoms with Gasteiger partial charge < -0.3 is 4.74 Å². The molecule has 5 heteroatoms. The van der Waals surface area contributed by atoms with Crippen LogP contribution in [0.4, 0.5) is 0 Å². The van der Waals surface area contributed by atoms with E-state index in [1.165, 1.54) is 18.9 Å². The molecule has 1 atom stereocenters. The van der Waals surface area contributed by atoms with Crippen molar-refractivity contribution in [2.45, 2.75) is 18.9 Å². The second kappa shape index (κ2) is 6.02. The van der Waals surface area contributed by atoms with E-state index in [2.05, 4.69) is 10.2 Å². The molecule has 1 heterocycles. The van der Waals surface area contributed by atoms with E-state index in [1.807, 2.05) is 38.1 Å². The third-order valence-electron chi connectivity index (χ3n) is 2.91. The topological polar surface area (TPSA) is 52.1 Å². The fourth-order valence-electron chi connectivity index (χ4n) is 1.79. The maximum Gasteiger partial charge on any atom is 0.309 e. The molecule has 0 radical (unpaired) electrons. The molecule has 1 aromatic heterocycles. The fourth-order valence-corrected chi connectivity index (χ4v) is 2.77. The Labute approximate surface area is 116 Å². The lowest BCUT2D eigenvalue weighted by Crippen LogP contribution is -2.14. The largest absolute Gasteiger partial charge is 0.469 e. The van der Waals surface area contributed by atoms with Crippen molar-refractivity contribution in [1.29, 1.82) is 0 Å². The first-order valence-corrected chi connectivity index (χ1v) is 7.04. The Morgan fingerprint density at radius 3 is 2.68 bits per heavy atom. The van der Waals surface area contributed by atoms with Gasteiger partial charge in [0.05, 0.1) is 18.7 Å². The molecule has 0 amide bonds. The number of esters is 1. The first kappa shape index (κ1) is 13.8. The van der Waals surface area contributed by atoms with Gasteiger partial charge in [-0.15, -0.1) is 16.9 Å². The number of aryl methyl sites for hydroxylation is 1. The van der Waals surface area contributed by atoms with Gasteiger partial charge in [0, 0.05) is 16.5 Å². The molecule has 0 aliphatic carbocycles. The van der Waals surface area contributed by atoms with E-state index in [1.54, 1.807) is 0 Å². The van der Waals surface area contributed by atoms with Gasteiger partial charge in [-0.1, -0.05) is 31.2 Å². The number of carbonyl (C=O) groups is 1. The normalized spacial score (nSPS) is 12.4. The van der Waals surface area contributed by atoms with E-state index < -0.39 is 0 Å². The van der Waals surface area contributed by atoms with Crippen molar-refractivity contribution in [1.82, 2.24) is 10.2 Å². The average molecular weight is 276 g/mol. The number of fused-ring (bicyclic) bond motifs is 1. The number of nitrogens with zero attached hydrogens (tertiary/aromatic N) is 2. The van der Waals surface area contributed by atoms with Crippen LogP contribution in [-0.2, 0) is 9.53 Å². The van der Waals surface area contributed by atoms with Crippen molar-refractivity contribution in [3.63, 3.8) is 0 Å².